The van der Waals surface area contributed by atoms with Crippen LogP contribution in [-0.4, -0.2) is 33.6 Å². The number of hydrogen-bond acceptors (Lipinski definition) is 8. The first-order valence-electron chi connectivity index (χ1n) is 10.7. The third-order valence-electron chi connectivity index (χ3n) is 5.17. The fraction of sp³-hybridized carbons (Fsp3) is 0.0400. The number of non-ortho nitro benzene ring substituents is 1. The van der Waals surface area contributed by atoms with Crippen molar-refractivity contribution < 1.29 is 24.1 Å². The quantitative estimate of drug-likeness (QED) is 0.195. The smallest absolute Gasteiger partial charge is 0.318 e. The van der Waals surface area contributed by atoms with E-state index in [2.05, 4.69) is 10.5 Å². The van der Waals surface area contributed by atoms with E-state index < -0.39 is 27.1 Å². The summed E-state index contributed by atoms with van der Waals surface area (Å²) in [6.07, 6.45) is 5.20. The molecule has 4 aromatic rings. The van der Waals surface area contributed by atoms with Crippen LogP contribution in [0.15, 0.2) is 90.3 Å². The highest BCUT2D eigenvalue weighted by Gasteiger charge is 2.22. The minimum atomic E-state index is -0.771. The summed E-state index contributed by atoms with van der Waals surface area (Å²) >= 11 is 0. The van der Waals surface area contributed by atoms with Gasteiger partial charge in [-0.3, -0.25) is 25.0 Å². The first-order valence-corrected chi connectivity index (χ1v) is 10.7. The third kappa shape index (κ3) is 5.77. The molecule has 12 nitrogen and oxygen atoms in total. The average Bonchev–Trinajstić information content (AvgIpc) is 3.44. The van der Waals surface area contributed by atoms with Crippen LogP contribution < -0.4 is 14.9 Å². The Morgan fingerprint density at radius 3 is 2.27 bits per heavy atom. The Labute approximate surface area is 209 Å². The van der Waals surface area contributed by atoms with Gasteiger partial charge in [0.2, 0.25) is 5.75 Å². The molecule has 12 heteroatoms. The topological polar surface area (TPSA) is 151 Å². The molecule has 3 aromatic carbocycles. The number of methoxy groups -OCH3 is 1. The molecule has 0 saturated carbocycles. The number of carbonyl (C=O) groups is 1. The van der Waals surface area contributed by atoms with E-state index in [0.29, 0.717) is 11.1 Å². The van der Waals surface area contributed by atoms with Gasteiger partial charge in [-0.15, -0.1) is 0 Å². The maximum atomic E-state index is 12.4. The molecular weight excluding hydrogens is 482 g/mol. The number of nitro groups is 2. The summed E-state index contributed by atoms with van der Waals surface area (Å²) in [6, 6.07) is 18.5. The Morgan fingerprint density at radius 1 is 0.919 bits per heavy atom. The van der Waals surface area contributed by atoms with Crippen molar-refractivity contribution in [1.29, 1.82) is 0 Å². The normalized spacial score (nSPS) is 10.7. The number of hydrazone groups is 1. The predicted octanol–water partition coefficient (Wildman–Crippen LogP) is 4.86. The Kier molecular flexibility index (Phi) is 7.19. The number of aromatic nitrogens is 1. The highest BCUT2D eigenvalue weighted by Crippen LogP contribution is 2.38. The number of carbonyl (C=O) groups excluding carboxylic acids is 1. The Balaban J connectivity index is 1.45. The standard InChI is InChI=1S/C25H19N5O7/c1-36-24-14-17(4-10-23(24)37-22-11-9-20(29(32)33)15-21(22)30(34)35)16-26-27-25(31)18-5-7-19(8-6-18)28-12-2-3-13-28/h2-16H,1H3,(H,27,31)/b26-16+. The van der Waals surface area contributed by atoms with Crippen LogP contribution in [0.2, 0.25) is 0 Å². The Bertz CT molecular complexity index is 1480. The second-order valence-electron chi connectivity index (χ2n) is 7.51. The zero-order valence-electron chi connectivity index (χ0n) is 19.3. The largest absolute Gasteiger partial charge is 0.493 e. The summed E-state index contributed by atoms with van der Waals surface area (Å²) in [5.74, 6) is -0.218. The lowest BCUT2D eigenvalue weighted by Crippen LogP contribution is -2.17. The first-order chi connectivity index (χ1) is 17.9. The van der Waals surface area contributed by atoms with Gasteiger partial charge in [-0.2, -0.15) is 5.10 Å². The van der Waals surface area contributed by atoms with Crippen molar-refractivity contribution in [2.45, 2.75) is 0 Å². The molecule has 1 N–H and O–H groups in total. The first kappa shape index (κ1) is 24.6. The molecule has 0 unspecified atom stereocenters. The second-order valence-corrected chi connectivity index (χ2v) is 7.51. The number of nitrogens with one attached hydrogen (secondary N) is 1. The van der Waals surface area contributed by atoms with E-state index >= 15 is 0 Å². The van der Waals surface area contributed by atoms with Crippen LogP contribution in [0.5, 0.6) is 17.2 Å². The molecule has 0 aliphatic carbocycles. The summed E-state index contributed by atoms with van der Waals surface area (Å²) in [7, 11) is 1.38. The van der Waals surface area contributed by atoms with Gasteiger partial charge in [-0.05, 0) is 66.2 Å². The zero-order chi connectivity index (χ0) is 26.4. The van der Waals surface area contributed by atoms with Gasteiger partial charge >= 0.3 is 5.69 Å². The van der Waals surface area contributed by atoms with E-state index in [4.69, 9.17) is 9.47 Å². The Morgan fingerprint density at radius 2 is 1.62 bits per heavy atom. The monoisotopic (exact) mass is 501 g/mol. The van der Waals surface area contributed by atoms with E-state index in [1.165, 1.54) is 19.4 Å². The molecule has 37 heavy (non-hydrogen) atoms. The molecule has 0 atom stereocenters. The van der Waals surface area contributed by atoms with E-state index in [9.17, 15) is 25.0 Å². The lowest BCUT2D eigenvalue weighted by molar-refractivity contribution is -0.394. The second kappa shape index (κ2) is 10.8. The van der Waals surface area contributed by atoms with Gasteiger partial charge in [0.1, 0.15) is 0 Å². The van der Waals surface area contributed by atoms with Crippen molar-refractivity contribution in [3.63, 3.8) is 0 Å². The predicted molar refractivity (Wildman–Crippen MR) is 134 cm³/mol. The number of benzene rings is 3. The lowest BCUT2D eigenvalue weighted by atomic mass is 10.2. The number of hydrogen-bond donors (Lipinski definition) is 1. The molecular formula is C25H19N5O7. The molecule has 0 fully saturated rings. The fourth-order valence-corrected chi connectivity index (χ4v) is 3.34. The fourth-order valence-electron chi connectivity index (χ4n) is 3.34. The van der Waals surface area contributed by atoms with Crippen LogP contribution in [0, 0.1) is 20.2 Å². The molecule has 0 saturated heterocycles. The molecule has 1 amide bonds. The van der Waals surface area contributed by atoms with Crippen LogP contribution in [0.1, 0.15) is 15.9 Å². The summed E-state index contributed by atoms with van der Waals surface area (Å²) in [6.45, 7) is 0. The molecule has 0 radical (unpaired) electrons. The lowest BCUT2D eigenvalue weighted by Gasteiger charge is -2.11. The van der Waals surface area contributed by atoms with Crippen LogP contribution in [0.25, 0.3) is 5.69 Å². The number of rotatable bonds is 9. The number of ether oxygens (including phenoxy) is 2. The van der Waals surface area contributed by atoms with E-state index in [-0.39, 0.29) is 17.2 Å². The zero-order valence-corrected chi connectivity index (χ0v) is 19.3. The number of nitrogens with zero attached hydrogens (tertiary/aromatic N) is 4. The van der Waals surface area contributed by atoms with E-state index in [0.717, 1.165) is 23.9 Å². The Hall–Kier alpha value is -5.52. The highest BCUT2D eigenvalue weighted by atomic mass is 16.6. The van der Waals surface area contributed by atoms with Gasteiger partial charge in [-0.1, -0.05) is 0 Å². The van der Waals surface area contributed by atoms with Gasteiger partial charge < -0.3 is 14.0 Å². The van der Waals surface area contributed by atoms with Crippen molar-refractivity contribution in [1.82, 2.24) is 9.99 Å². The molecule has 1 heterocycles. The molecule has 0 bridgehead atoms. The molecule has 0 aliphatic rings. The SMILES string of the molecule is COc1cc(/C=N/NC(=O)c2ccc(-n3cccc3)cc2)ccc1Oc1ccc([N+](=O)[O-])cc1[N+](=O)[O-]. The third-order valence-corrected chi connectivity index (χ3v) is 5.17. The minimum Gasteiger partial charge on any atom is -0.493 e. The summed E-state index contributed by atoms with van der Waals surface area (Å²) in [5.41, 5.74) is 3.34. The van der Waals surface area contributed by atoms with Crippen LogP contribution >= 0.6 is 0 Å². The highest BCUT2D eigenvalue weighted by molar-refractivity contribution is 5.95. The van der Waals surface area contributed by atoms with Crippen LogP contribution in [-0.2, 0) is 0 Å². The van der Waals surface area contributed by atoms with Gasteiger partial charge in [0.25, 0.3) is 11.6 Å². The van der Waals surface area contributed by atoms with Gasteiger partial charge in [0, 0.05) is 29.7 Å². The maximum Gasteiger partial charge on any atom is 0.318 e. The van der Waals surface area contributed by atoms with Gasteiger partial charge in [0.15, 0.2) is 11.5 Å². The maximum absolute atomic E-state index is 12.4. The summed E-state index contributed by atoms with van der Waals surface area (Å²) < 4.78 is 12.8. The summed E-state index contributed by atoms with van der Waals surface area (Å²) in [5, 5.41) is 26.3. The van der Waals surface area contributed by atoms with E-state index in [1.807, 2.05) is 41.2 Å². The van der Waals surface area contributed by atoms with Crippen LogP contribution in [0.3, 0.4) is 0 Å². The molecule has 186 valence electrons. The number of amides is 1. The van der Waals surface area contributed by atoms with Crippen molar-refractivity contribution >= 4 is 23.5 Å². The van der Waals surface area contributed by atoms with E-state index in [1.54, 1.807) is 24.3 Å². The number of nitro benzene ring substituents is 2. The van der Waals surface area contributed by atoms with Gasteiger partial charge in [-0.25, -0.2) is 5.43 Å². The molecule has 0 spiro atoms. The molecule has 1 aromatic heterocycles. The van der Waals surface area contributed by atoms with Crippen LogP contribution in [0.4, 0.5) is 11.4 Å². The minimum absolute atomic E-state index is 0.142. The summed E-state index contributed by atoms with van der Waals surface area (Å²) in [4.78, 5) is 33.2. The van der Waals surface area contributed by atoms with Crippen molar-refractivity contribution in [3.05, 3.63) is 117 Å². The van der Waals surface area contributed by atoms with Gasteiger partial charge in [0.05, 0.1) is 29.2 Å². The molecule has 4 rings (SSSR count). The van der Waals surface area contributed by atoms with Crippen molar-refractivity contribution in [2.75, 3.05) is 7.11 Å². The molecule has 0 aliphatic heterocycles. The average molecular weight is 501 g/mol. The van der Waals surface area contributed by atoms with Crippen molar-refractivity contribution in [2.24, 2.45) is 5.10 Å². The van der Waals surface area contributed by atoms with Crippen molar-refractivity contribution in [3.8, 4) is 22.9 Å².